The highest BCUT2D eigenvalue weighted by Crippen LogP contribution is 2.31. The van der Waals surface area contributed by atoms with E-state index < -0.39 is 0 Å². The molecule has 0 saturated heterocycles. The van der Waals surface area contributed by atoms with Gasteiger partial charge in [0.05, 0.1) is 10.9 Å². The number of carbonyl (C=O) groups excluding carboxylic acids is 1. The van der Waals surface area contributed by atoms with Gasteiger partial charge in [0.2, 0.25) is 5.91 Å². The summed E-state index contributed by atoms with van der Waals surface area (Å²) in [6, 6.07) is 19.6. The molecule has 4 rings (SSSR count). The number of hydrogen-bond acceptors (Lipinski definition) is 5. The van der Waals surface area contributed by atoms with Crippen LogP contribution in [0.4, 0.5) is 5.69 Å². The number of anilines is 1. The van der Waals surface area contributed by atoms with Gasteiger partial charge in [-0.1, -0.05) is 48.2 Å². The first-order valence-electron chi connectivity index (χ1n) is 9.99. The number of aryl methyl sites for hydroxylation is 2. The summed E-state index contributed by atoms with van der Waals surface area (Å²) in [6.45, 7) is 5.90. The lowest BCUT2D eigenvalue weighted by atomic mass is 10.2. The van der Waals surface area contributed by atoms with E-state index in [0.29, 0.717) is 11.0 Å². The number of nitrogens with one attached hydrogen (secondary N) is 1. The van der Waals surface area contributed by atoms with Crippen LogP contribution in [0.3, 0.4) is 0 Å². The molecule has 2 aromatic heterocycles. The summed E-state index contributed by atoms with van der Waals surface area (Å²) in [6.07, 6.45) is 3.47. The van der Waals surface area contributed by atoms with Crippen LogP contribution in [0, 0.1) is 13.8 Å². The van der Waals surface area contributed by atoms with E-state index in [2.05, 4.69) is 33.5 Å². The molecular weight excluding hydrogens is 406 g/mol. The van der Waals surface area contributed by atoms with Gasteiger partial charge in [-0.25, -0.2) is 0 Å². The third-order valence-corrected chi connectivity index (χ3v) is 6.03. The van der Waals surface area contributed by atoms with Crippen molar-refractivity contribution in [1.82, 2.24) is 19.7 Å². The van der Waals surface area contributed by atoms with E-state index in [0.717, 1.165) is 28.1 Å². The quantitative estimate of drug-likeness (QED) is 0.434. The highest BCUT2D eigenvalue weighted by atomic mass is 32.2. The summed E-state index contributed by atoms with van der Waals surface area (Å²) >= 11 is 1.38. The predicted octanol–water partition coefficient (Wildman–Crippen LogP) is 5.07. The zero-order valence-corrected chi connectivity index (χ0v) is 18.4. The summed E-state index contributed by atoms with van der Waals surface area (Å²) < 4.78 is 2.01. The van der Waals surface area contributed by atoms with E-state index in [9.17, 15) is 4.79 Å². The van der Waals surface area contributed by atoms with Gasteiger partial charge in [0.1, 0.15) is 0 Å². The van der Waals surface area contributed by atoms with Crippen LogP contribution in [0.2, 0.25) is 0 Å². The van der Waals surface area contributed by atoms with Gasteiger partial charge in [-0.3, -0.25) is 14.3 Å². The molecule has 0 aliphatic rings. The number of nitrogens with zero attached hydrogens (tertiary/aromatic N) is 4. The molecule has 0 aliphatic heterocycles. The molecule has 0 radical (unpaired) electrons. The Balaban J connectivity index is 1.67. The lowest BCUT2D eigenvalue weighted by Gasteiger charge is -2.16. The van der Waals surface area contributed by atoms with Crippen LogP contribution in [0.5, 0.6) is 0 Å². The van der Waals surface area contributed by atoms with Crippen molar-refractivity contribution in [3.63, 3.8) is 0 Å². The number of para-hydroxylation sites is 2. The van der Waals surface area contributed by atoms with Gasteiger partial charge >= 0.3 is 0 Å². The zero-order valence-electron chi connectivity index (χ0n) is 17.6. The SMILES string of the molecule is Cc1ccccc1NC(=O)C(C)Sc1nnc(-c2ccncc2)n1-c1ccccc1C. The van der Waals surface area contributed by atoms with Crippen LogP contribution in [0.15, 0.2) is 78.2 Å². The minimum absolute atomic E-state index is 0.0795. The fraction of sp³-hybridized carbons (Fsp3) is 0.167. The van der Waals surface area contributed by atoms with Crippen molar-refractivity contribution >= 4 is 23.4 Å². The molecule has 1 amide bonds. The third kappa shape index (κ3) is 4.51. The Morgan fingerprint density at radius 1 is 0.935 bits per heavy atom. The van der Waals surface area contributed by atoms with Crippen LogP contribution < -0.4 is 5.32 Å². The van der Waals surface area contributed by atoms with Crippen molar-refractivity contribution in [2.45, 2.75) is 31.2 Å². The Hall–Kier alpha value is -3.45. The average Bonchev–Trinajstić information content (AvgIpc) is 3.19. The largest absolute Gasteiger partial charge is 0.325 e. The molecule has 4 aromatic rings. The highest BCUT2D eigenvalue weighted by Gasteiger charge is 2.22. The molecule has 0 saturated carbocycles. The van der Waals surface area contributed by atoms with Crippen LogP contribution in [0.1, 0.15) is 18.1 Å². The van der Waals surface area contributed by atoms with Crippen LogP contribution >= 0.6 is 11.8 Å². The number of aromatic nitrogens is 4. The van der Waals surface area contributed by atoms with Gasteiger partial charge in [-0.2, -0.15) is 0 Å². The molecule has 7 heteroatoms. The van der Waals surface area contributed by atoms with Crippen molar-refractivity contribution in [2.75, 3.05) is 5.32 Å². The topological polar surface area (TPSA) is 72.7 Å². The van der Waals surface area contributed by atoms with Crippen molar-refractivity contribution in [3.05, 3.63) is 84.2 Å². The lowest BCUT2D eigenvalue weighted by molar-refractivity contribution is -0.115. The van der Waals surface area contributed by atoms with Gasteiger partial charge in [0.15, 0.2) is 11.0 Å². The zero-order chi connectivity index (χ0) is 21.8. The van der Waals surface area contributed by atoms with Crippen molar-refractivity contribution < 1.29 is 4.79 Å². The molecule has 0 spiro atoms. The second-order valence-electron chi connectivity index (χ2n) is 7.23. The van der Waals surface area contributed by atoms with Gasteiger partial charge < -0.3 is 5.32 Å². The third-order valence-electron chi connectivity index (χ3n) is 4.98. The molecule has 2 aromatic carbocycles. The Kier molecular flexibility index (Phi) is 6.13. The van der Waals surface area contributed by atoms with Crippen molar-refractivity contribution in [3.8, 4) is 17.1 Å². The first-order valence-corrected chi connectivity index (χ1v) is 10.9. The second kappa shape index (κ2) is 9.14. The van der Waals surface area contributed by atoms with Crippen molar-refractivity contribution in [2.24, 2.45) is 0 Å². The second-order valence-corrected chi connectivity index (χ2v) is 8.54. The smallest absolute Gasteiger partial charge is 0.237 e. The average molecular weight is 430 g/mol. The number of carbonyl (C=O) groups is 1. The van der Waals surface area contributed by atoms with Crippen LogP contribution in [-0.2, 0) is 4.79 Å². The minimum atomic E-state index is -0.364. The Morgan fingerprint density at radius 2 is 1.61 bits per heavy atom. The van der Waals surface area contributed by atoms with Gasteiger partial charge in [-0.15, -0.1) is 10.2 Å². The number of rotatable bonds is 6. The van der Waals surface area contributed by atoms with E-state index in [1.807, 2.05) is 73.0 Å². The normalized spacial score (nSPS) is 11.8. The predicted molar refractivity (Wildman–Crippen MR) is 124 cm³/mol. The number of benzene rings is 2. The van der Waals surface area contributed by atoms with E-state index in [4.69, 9.17) is 0 Å². The maximum Gasteiger partial charge on any atom is 0.237 e. The van der Waals surface area contributed by atoms with Crippen LogP contribution in [0.25, 0.3) is 17.1 Å². The monoisotopic (exact) mass is 429 g/mol. The number of hydrogen-bond donors (Lipinski definition) is 1. The molecule has 1 unspecified atom stereocenters. The summed E-state index contributed by atoms with van der Waals surface area (Å²) in [5, 5.41) is 12.2. The molecule has 0 fully saturated rings. The first kappa shape index (κ1) is 20.8. The lowest BCUT2D eigenvalue weighted by Crippen LogP contribution is -2.23. The summed E-state index contributed by atoms with van der Waals surface area (Å²) in [5.74, 6) is 0.634. The molecule has 0 bridgehead atoms. The van der Waals surface area contributed by atoms with E-state index >= 15 is 0 Å². The van der Waals surface area contributed by atoms with E-state index in [1.165, 1.54) is 11.8 Å². The minimum Gasteiger partial charge on any atom is -0.325 e. The first-order chi connectivity index (χ1) is 15.0. The highest BCUT2D eigenvalue weighted by molar-refractivity contribution is 8.00. The fourth-order valence-corrected chi connectivity index (χ4v) is 4.09. The van der Waals surface area contributed by atoms with Crippen molar-refractivity contribution in [1.29, 1.82) is 0 Å². The summed E-state index contributed by atoms with van der Waals surface area (Å²) in [4.78, 5) is 17.0. The molecule has 156 valence electrons. The molecule has 6 nitrogen and oxygen atoms in total. The van der Waals surface area contributed by atoms with E-state index in [1.54, 1.807) is 12.4 Å². The molecule has 0 aliphatic carbocycles. The number of pyridine rings is 1. The fourth-order valence-electron chi connectivity index (χ4n) is 3.22. The Labute approximate surface area is 185 Å². The van der Waals surface area contributed by atoms with E-state index in [-0.39, 0.29) is 11.2 Å². The summed E-state index contributed by atoms with van der Waals surface area (Å²) in [7, 11) is 0. The summed E-state index contributed by atoms with van der Waals surface area (Å²) in [5.41, 5.74) is 4.83. The Bertz CT molecular complexity index is 1210. The molecule has 2 heterocycles. The standard InChI is InChI=1S/C24H23N5OS/c1-16-8-4-6-10-20(16)26-23(30)18(3)31-24-28-27-22(19-12-14-25-15-13-19)29(24)21-11-7-5-9-17(21)2/h4-15,18H,1-3H3,(H,26,30). The number of amides is 1. The molecule has 31 heavy (non-hydrogen) atoms. The molecule has 1 N–H and O–H groups in total. The van der Waals surface area contributed by atoms with Gasteiger partial charge in [-0.05, 0) is 56.2 Å². The molecular formula is C24H23N5OS. The Morgan fingerprint density at radius 3 is 2.32 bits per heavy atom. The molecule has 1 atom stereocenters. The maximum atomic E-state index is 12.9. The van der Waals surface area contributed by atoms with Crippen LogP contribution in [-0.4, -0.2) is 30.9 Å². The maximum absolute atomic E-state index is 12.9. The number of thioether (sulfide) groups is 1. The van der Waals surface area contributed by atoms with Gasteiger partial charge in [0.25, 0.3) is 0 Å². The van der Waals surface area contributed by atoms with Gasteiger partial charge in [0, 0.05) is 23.6 Å².